The first-order chi connectivity index (χ1) is 9.02. The molecule has 0 aliphatic carbocycles. The Kier molecular flexibility index (Phi) is 3.64. The number of hydrogen-bond acceptors (Lipinski definition) is 3. The highest BCUT2D eigenvalue weighted by Crippen LogP contribution is 2.25. The maximum atomic E-state index is 13.2. The van der Waals surface area contributed by atoms with Crippen LogP contribution < -0.4 is 5.56 Å². The fourth-order valence-corrected chi connectivity index (χ4v) is 1.81. The van der Waals surface area contributed by atoms with Gasteiger partial charge in [0, 0.05) is 5.92 Å². The molecule has 0 radical (unpaired) electrons. The average Bonchev–Trinajstić information content (AvgIpc) is 2.37. The molecule has 1 unspecified atom stereocenters. The van der Waals surface area contributed by atoms with E-state index in [9.17, 15) is 14.3 Å². The molecule has 1 heterocycles. The van der Waals surface area contributed by atoms with Gasteiger partial charge in [0.2, 0.25) is 5.88 Å². The predicted molar refractivity (Wildman–Crippen MR) is 70.6 cm³/mol. The van der Waals surface area contributed by atoms with E-state index in [1.807, 2.05) is 13.8 Å². The third-order valence-electron chi connectivity index (χ3n) is 3.11. The lowest BCUT2D eigenvalue weighted by atomic mass is 10.1. The topological polar surface area (TPSA) is 66.0 Å². The number of aromatic nitrogens is 2. The van der Waals surface area contributed by atoms with E-state index in [-0.39, 0.29) is 17.4 Å². The SMILES string of the molecule is CCC(C)c1nc(O)c(-c2cccc(F)c2)c(=O)[nH]1. The number of aromatic amines is 1. The van der Waals surface area contributed by atoms with Crippen molar-refractivity contribution in [2.75, 3.05) is 0 Å². The number of rotatable bonds is 3. The maximum absolute atomic E-state index is 13.2. The van der Waals surface area contributed by atoms with E-state index in [0.29, 0.717) is 11.4 Å². The minimum atomic E-state index is -0.470. The second-order valence-electron chi connectivity index (χ2n) is 4.47. The fraction of sp³-hybridized carbons (Fsp3) is 0.286. The molecule has 1 aromatic carbocycles. The van der Waals surface area contributed by atoms with Crippen molar-refractivity contribution in [1.29, 1.82) is 0 Å². The van der Waals surface area contributed by atoms with Gasteiger partial charge in [-0.25, -0.2) is 4.39 Å². The zero-order valence-electron chi connectivity index (χ0n) is 10.8. The van der Waals surface area contributed by atoms with Gasteiger partial charge >= 0.3 is 0 Å². The lowest BCUT2D eigenvalue weighted by Crippen LogP contribution is -2.15. The van der Waals surface area contributed by atoms with Crippen LogP contribution in [0.4, 0.5) is 4.39 Å². The molecule has 1 atom stereocenters. The van der Waals surface area contributed by atoms with Crippen LogP contribution in [0.1, 0.15) is 32.0 Å². The molecule has 0 fully saturated rings. The van der Waals surface area contributed by atoms with Crippen molar-refractivity contribution in [1.82, 2.24) is 9.97 Å². The molecule has 19 heavy (non-hydrogen) atoms. The van der Waals surface area contributed by atoms with Crippen LogP contribution >= 0.6 is 0 Å². The minimum absolute atomic E-state index is 0.00782. The van der Waals surface area contributed by atoms with Crippen LogP contribution in [0.5, 0.6) is 5.88 Å². The van der Waals surface area contributed by atoms with E-state index in [2.05, 4.69) is 9.97 Å². The normalized spacial score (nSPS) is 12.4. The van der Waals surface area contributed by atoms with Gasteiger partial charge in [0.05, 0.1) is 0 Å². The largest absolute Gasteiger partial charge is 0.493 e. The monoisotopic (exact) mass is 262 g/mol. The van der Waals surface area contributed by atoms with E-state index in [1.54, 1.807) is 6.07 Å². The van der Waals surface area contributed by atoms with Crippen molar-refractivity contribution in [3.63, 3.8) is 0 Å². The van der Waals surface area contributed by atoms with Crippen LogP contribution in [0.25, 0.3) is 11.1 Å². The summed E-state index contributed by atoms with van der Waals surface area (Å²) in [6.07, 6.45) is 0.793. The van der Waals surface area contributed by atoms with Gasteiger partial charge < -0.3 is 10.1 Å². The number of H-pyrrole nitrogens is 1. The van der Waals surface area contributed by atoms with Crippen molar-refractivity contribution < 1.29 is 9.50 Å². The van der Waals surface area contributed by atoms with Crippen LogP contribution in [-0.2, 0) is 0 Å². The Morgan fingerprint density at radius 2 is 2.21 bits per heavy atom. The number of benzene rings is 1. The molecule has 2 aromatic rings. The van der Waals surface area contributed by atoms with E-state index < -0.39 is 11.4 Å². The standard InChI is InChI=1S/C14H15FN2O2/c1-3-8(2)12-16-13(18)11(14(19)17-12)9-5-4-6-10(15)7-9/h4-8H,3H2,1-2H3,(H2,16,17,18,19). The average molecular weight is 262 g/mol. The van der Waals surface area contributed by atoms with Gasteiger partial charge in [-0.15, -0.1) is 0 Å². The Hall–Kier alpha value is -2.17. The summed E-state index contributed by atoms with van der Waals surface area (Å²) in [7, 11) is 0. The molecule has 0 saturated carbocycles. The van der Waals surface area contributed by atoms with Crippen molar-refractivity contribution in [2.24, 2.45) is 0 Å². The molecule has 4 nitrogen and oxygen atoms in total. The highest BCUT2D eigenvalue weighted by molar-refractivity contribution is 5.67. The molecule has 2 N–H and O–H groups in total. The molecule has 0 saturated heterocycles. The van der Waals surface area contributed by atoms with E-state index in [0.717, 1.165) is 6.42 Å². The zero-order chi connectivity index (χ0) is 14.0. The molecule has 0 amide bonds. The molecule has 0 bridgehead atoms. The molecular formula is C14H15FN2O2. The Labute approximate surface area is 110 Å². The van der Waals surface area contributed by atoms with E-state index in [1.165, 1.54) is 18.2 Å². The van der Waals surface area contributed by atoms with Gasteiger partial charge in [-0.2, -0.15) is 4.98 Å². The van der Waals surface area contributed by atoms with Crippen molar-refractivity contribution in [3.05, 3.63) is 46.3 Å². The van der Waals surface area contributed by atoms with Gasteiger partial charge in [0.25, 0.3) is 5.56 Å². The molecule has 100 valence electrons. The summed E-state index contributed by atoms with van der Waals surface area (Å²) in [4.78, 5) is 18.6. The molecule has 0 aliphatic rings. The first kappa shape index (κ1) is 13.3. The Balaban J connectivity index is 2.57. The third kappa shape index (κ3) is 2.65. The van der Waals surface area contributed by atoms with Gasteiger partial charge in [-0.3, -0.25) is 4.79 Å². The van der Waals surface area contributed by atoms with Gasteiger partial charge in [-0.05, 0) is 24.1 Å². The fourth-order valence-electron chi connectivity index (χ4n) is 1.81. The smallest absolute Gasteiger partial charge is 0.262 e. The van der Waals surface area contributed by atoms with Crippen molar-refractivity contribution in [3.8, 4) is 17.0 Å². The molecule has 5 heteroatoms. The lowest BCUT2D eigenvalue weighted by Gasteiger charge is -2.10. The first-order valence-corrected chi connectivity index (χ1v) is 6.12. The highest BCUT2D eigenvalue weighted by Gasteiger charge is 2.15. The van der Waals surface area contributed by atoms with Crippen molar-refractivity contribution >= 4 is 0 Å². The summed E-state index contributed by atoms with van der Waals surface area (Å²) < 4.78 is 13.2. The van der Waals surface area contributed by atoms with Crippen LogP contribution in [0.3, 0.4) is 0 Å². The van der Waals surface area contributed by atoms with Crippen LogP contribution in [-0.4, -0.2) is 15.1 Å². The van der Waals surface area contributed by atoms with E-state index >= 15 is 0 Å². The summed E-state index contributed by atoms with van der Waals surface area (Å²) in [6.45, 7) is 3.86. The van der Waals surface area contributed by atoms with Gasteiger partial charge in [-0.1, -0.05) is 26.0 Å². The van der Waals surface area contributed by atoms with Gasteiger partial charge in [0.15, 0.2) is 0 Å². The zero-order valence-corrected chi connectivity index (χ0v) is 10.8. The quantitative estimate of drug-likeness (QED) is 0.893. The van der Waals surface area contributed by atoms with Gasteiger partial charge in [0.1, 0.15) is 17.2 Å². The van der Waals surface area contributed by atoms with E-state index in [4.69, 9.17) is 0 Å². The molecule has 0 aliphatic heterocycles. The van der Waals surface area contributed by atoms with Crippen LogP contribution in [0.15, 0.2) is 29.1 Å². The second kappa shape index (κ2) is 5.22. The molecule has 0 spiro atoms. The summed E-state index contributed by atoms with van der Waals surface area (Å²) in [5.74, 6) is -0.364. The van der Waals surface area contributed by atoms with Crippen molar-refractivity contribution in [2.45, 2.75) is 26.2 Å². The number of nitrogens with zero attached hydrogens (tertiary/aromatic N) is 1. The highest BCUT2D eigenvalue weighted by atomic mass is 19.1. The summed E-state index contributed by atoms with van der Waals surface area (Å²) >= 11 is 0. The minimum Gasteiger partial charge on any atom is -0.493 e. The first-order valence-electron chi connectivity index (χ1n) is 6.12. The second-order valence-corrected chi connectivity index (χ2v) is 4.47. The number of aromatic hydroxyl groups is 1. The Morgan fingerprint density at radius 3 is 2.79 bits per heavy atom. The predicted octanol–water partition coefficient (Wildman–Crippen LogP) is 2.80. The third-order valence-corrected chi connectivity index (χ3v) is 3.11. The number of nitrogens with one attached hydrogen (secondary N) is 1. The molecule has 2 rings (SSSR count). The Morgan fingerprint density at radius 1 is 1.47 bits per heavy atom. The summed E-state index contributed by atoms with van der Waals surface area (Å²) in [5.41, 5.74) is -0.165. The summed E-state index contributed by atoms with van der Waals surface area (Å²) in [5, 5.41) is 9.91. The van der Waals surface area contributed by atoms with Crippen LogP contribution in [0, 0.1) is 5.82 Å². The lowest BCUT2D eigenvalue weighted by molar-refractivity contribution is 0.446. The number of halogens is 1. The molecular weight excluding hydrogens is 247 g/mol. The number of hydrogen-bond donors (Lipinski definition) is 2. The molecule has 1 aromatic heterocycles. The maximum Gasteiger partial charge on any atom is 0.262 e. The Bertz CT molecular complexity index is 652. The summed E-state index contributed by atoms with van der Waals surface area (Å²) in [6, 6.07) is 5.49. The van der Waals surface area contributed by atoms with Crippen LogP contribution in [0.2, 0.25) is 0 Å².